The van der Waals surface area contributed by atoms with Gasteiger partial charge in [0, 0.05) is 22.5 Å². The maximum atomic E-state index is 11.8. The summed E-state index contributed by atoms with van der Waals surface area (Å²) in [6, 6.07) is 5.58. The van der Waals surface area contributed by atoms with Gasteiger partial charge in [-0.3, -0.25) is 4.57 Å². The molecule has 0 bridgehead atoms. The van der Waals surface area contributed by atoms with Gasteiger partial charge in [-0.15, -0.1) is 5.10 Å². The minimum atomic E-state index is -0.210. The van der Waals surface area contributed by atoms with Crippen molar-refractivity contribution in [2.45, 2.75) is 42.9 Å². The summed E-state index contributed by atoms with van der Waals surface area (Å²) in [4.78, 5) is 12.7. The summed E-state index contributed by atoms with van der Waals surface area (Å²) in [5, 5.41) is 7.20. The Morgan fingerprint density at radius 3 is 2.67 bits per heavy atom. The quantitative estimate of drug-likeness (QED) is 0.885. The van der Waals surface area contributed by atoms with E-state index in [-0.39, 0.29) is 17.8 Å². The molecule has 0 saturated carbocycles. The van der Waals surface area contributed by atoms with Gasteiger partial charge in [-0.2, -0.15) is 0 Å². The van der Waals surface area contributed by atoms with Crippen molar-refractivity contribution in [3.63, 3.8) is 0 Å². The number of nitrogens with two attached hydrogens (primary N) is 1. The molecule has 0 unspecified atom stereocenters. The Kier molecular flexibility index (Phi) is 4.74. The van der Waals surface area contributed by atoms with Crippen LogP contribution in [0.4, 0.5) is 0 Å². The highest BCUT2D eigenvalue weighted by Gasteiger charge is 2.18. The van der Waals surface area contributed by atoms with Gasteiger partial charge in [-0.1, -0.05) is 6.07 Å². The fraction of sp³-hybridized carbons (Fsp3) is 0.429. The molecule has 2 rings (SSSR count). The average molecular weight is 308 g/mol. The number of aromatic nitrogens is 3. The van der Waals surface area contributed by atoms with Crippen molar-refractivity contribution in [1.29, 1.82) is 0 Å². The molecule has 21 heavy (non-hydrogen) atoms. The highest BCUT2D eigenvalue weighted by atomic mass is 32.2. The van der Waals surface area contributed by atoms with Crippen LogP contribution < -0.4 is 16.2 Å². The Hall–Kier alpha value is -1.73. The zero-order valence-corrected chi connectivity index (χ0v) is 13.4. The molecule has 0 spiro atoms. The van der Waals surface area contributed by atoms with Gasteiger partial charge in [0.05, 0.1) is 7.11 Å². The molecule has 1 atom stereocenters. The van der Waals surface area contributed by atoms with E-state index in [2.05, 4.69) is 10.2 Å². The Morgan fingerprint density at radius 2 is 2.10 bits per heavy atom. The van der Waals surface area contributed by atoms with Crippen LogP contribution in [-0.4, -0.2) is 21.9 Å². The number of nitrogens with one attached hydrogen (secondary N) is 1. The second kappa shape index (κ2) is 6.36. The van der Waals surface area contributed by atoms with Gasteiger partial charge in [0.1, 0.15) is 5.75 Å². The number of benzene rings is 1. The molecule has 1 aromatic carbocycles. The van der Waals surface area contributed by atoms with Crippen LogP contribution in [0.15, 0.2) is 33.0 Å². The number of aromatic amines is 1. The maximum Gasteiger partial charge on any atom is 0.344 e. The fourth-order valence-electron chi connectivity index (χ4n) is 2.16. The van der Waals surface area contributed by atoms with Crippen molar-refractivity contribution in [2.24, 2.45) is 5.73 Å². The van der Waals surface area contributed by atoms with Gasteiger partial charge < -0.3 is 10.5 Å². The first kappa shape index (κ1) is 15.7. The lowest BCUT2D eigenvalue weighted by atomic mass is 10.1. The summed E-state index contributed by atoms with van der Waals surface area (Å²) in [6.45, 7) is 5.79. The van der Waals surface area contributed by atoms with Gasteiger partial charge >= 0.3 is 5.69 Å². The number of ether oxygens (including phenoxy) is 1. The van der Waals surface area contributed by atoms with Crippen molar-refractivity contribution in [1.82, 2.24) is 14.8 Å². The SMILES string of the molecule is COc1cccc(Sc2n[nH]c(=O)n2C(C)C)c1[C@H](C)N. The molecule has 0 aliphatic carbocycles. The van der Waals surface area contributed by atoms with Crippen molar-refractivity contribution in [3.05, 3.63) is 34.2 Å². The zero-order chi connectivity index (χ0) is 15.6. The molecule has 1 aromatic heterocycles. The molecule has 2 aromatic rings. The number of hydrogen-bond acceptors (Lipinski definition) is 5. The highest BCUT2D eigenvalue weighted by Crippen LogP contribution is 2.37. The Bertz CT molecular complexity index is 676. The monoisotopic (exact) mass is 308 g/mol. The fourth-order valence-corrected chi connectivity index (χ4v) is 3.38. The predicted octanol–water partition coefficient (Wildman–Crippen LogP) is 2.33. The van der Waals surface area contributed by atoms with Gasteiger partial charge in [-0.05, 0) is 44.7 Å². The normalized spacial score (nSPS) is 12.7. The van der Waals surface area contributed by atoms with E-state index in [1.807, 2.05) is 39.0 Å². The van der Waals surface area contributed by atoms with E-state index in [0.717, 1.165) is 16.2 Å². The summed E-state index contributed by atoms with van der Waals surface area (Å²) in [7, 11) is 1.62. The van der Waals surface area contributed by atoms with Crippen LogP contribution >= 0.6 is 11.8 Å². The summed E-state index contributed by atoms with van der Waals surface area (Å²) in [5.41, 5.74) is 6.76. The molecule has 0 saturated heterocycles. The number of hydrogen-bond donors (Lipinski definition) is 2. The lowest BCUT2D eigenvalue weighted by molar-refractivity contribution is 0.405. The minimum absolute atomic E-state index is 0.0307. The third-order valence-corrected chi connectivity index (χ3v) is 4.14. The lowest BCUT2D eigenvalue weighted by Gasteiger charge is -2.16. The van der Waals surface area contributed by atoms with Gasteiger partial charge in [0.15, 0.2) is 5.16 Å². The minimum Gasteiger partial charge on any atom is -0.496 e. The number of rotatable bonds is 5. The van der Waals surface area contributed by atoms with Crippen LogP contribution in [0.1, 0.15) is 38.4 Å². The smallest absolute Gasteiger partial charge is 0.344 e. The third-order valence-electron chi connectivity index (χ3n) is 3.09. The first-order valence-corrected chi connectivity index (χ1v) is 7.54. The van der Waals surface area contributed by atoms with Gasteiger partial charge in [0.2, 0.25) is 0 Å². The van der Waals surface area contributed by atoms with Crippen molar-refractivity contribution < 1.29 is 4.74 Å². The van der Waals surface area contributed by atoms with E-state index >= 15 is 0 Å². The molecule has 0 amide bonds. The standard InChI is InChI=1S/C14H20N4O2S/c1-8(2)18-13(19)16-17-14(18)21-11-7-5-6-10(20-4)12(11)9(3)15/h5-9H,15H2,1-4H3,(H,16,19)/t9-/m0/s1. The molecule has 0 radical (unpaired) electrons. The average Bonchev–Trinajstić information content (AvgIpc) is 2.79. The first-order valence-electron chi connectivity index (χ1n) is 6.73. The Morgan fingerprint density at radius 1 is 1.38 bits per heavy atom. The van der Waals surface area contributed by atoms with Crippen LogP contribution in [0, 0.1) is 0 Å². The van der Waals surface area contributed by atoms with Gasteiger partial charge in [0.25, 0.3) is 0 Å². The molecule has 0 aliphatic heterocycles. The highest BCUT2D eigenvalue weighted by molar-refractivity contribution is 7.99. The number of nitrogens with zero attached hydrogens (tertiary/aromatic N) is 2. The van der Waals surface area contributed by atoms with Crippen LogP contribution in [0.3, 0.4) is 0 Å². The summed E-state index contributed by atoms with van der Waals surface area (Å²) in [5.74, 6) is 0.740. The Balaban J connectivity index is 2.48. The van der Waals surface area contributed by atoms with E-state index in [4.69, 9.17) is 10.5 Å². The molecule has 3 N–H and O–H groups in total. The van der Waals surface area contributed by atoms with Crippen LogP contribution in [0.2, 0.25) is 0 Å². The van der Waals surface area contributed by atoms with Crippen molar-refractivity contribution in [2.75, 3.05) is 7.11 Å². The van der Waals surface area contributed by atoms with Gasteiger partial charge in [-0.25, -0.2) is 9.89 Å². The molecule has 0 aliphatic rings. The molecule has 114 valence electrons. The molecular formula is C14H20N4O2S. The summed E-state index contributed by atoms with van der Waals surface area (Å²) in [6.07, 6.45) is 0. The second-order valence-corrected chi connectivity index (χ2v) is 6.05. The predicted molar refractivity (Wildman–Crippen MR) is 83.0 cm³/mol. The molecule has 0 fully saturated rings. The zero-order valence-electron chi connectivity index (χ0n) is 12.6. The van der Waals surface area contributed by atoms with Crippen molar-refractivity contribution >= 4 is 11.8 Å². The molecule has 6 nitrogen and oxygen atoms in total. The number of H-pyrrole nitrogens is 1. The largest absolute Gasteiger partial charge is 0.496 e. The van der Waals surface area contributed by atoms with E-state index in [1.54, 1.807) is 11.7 Å². The second-order valence-electron chi connectivity index (χ2n) is 5.04. The van der Waals surface area contributed by atoms with E-state index in [1.165, 1.54) is 11.8 Å². The molecule has 7 heteroatoms. The van der Waals surface area contributed by atoms with Crippen LogP contribution in [0.5, 0.6) is 5.75 Å². The maximum absolute atomic E-state index is 11.8. The van der Waals surface area contributed by atoms with E-state index < -0.39 is 0 Å². The van der Waals surface area contributed by atoms with E-state index in [0.29, 0.717) is 5.16 Å². The Labute approximate surface area is 127 Å². The molecule has 1 heterocycles. The van der Waals surface area contributed by atoms with Crippen molar-refractivity contribution in [3.8, 4) is 5.75 Å². The molecular weight excluding hydrogens is 288 g/mol. The third kappa shape index (κ3) is 3.14. The first-order chi connectivity index (χ1) is 9.95. The van der Waals surface area contributed by atoms with Crippen LogP contribution in [0.25, 0.3) is 0 Å². The lowest BCUT2D eigenvalue weighted by Crippen LogP contribution is -2.19. The summed E-state index contributed by atoms with van der Waals surface area (Å²) < 4.78 is 7.00. The topological polar surface area (TPSA) is 85.9 Å². The van der Waals surface area contributed by atoms with Crippen LogP contribution in [-0.2, 0) is 0 Å². The van der Waals surface area contributed by atoms with E-state index in [9.17, 15) is 4.79 Å². The number of methoxy groups -OCH3 is 1. The summed E-state index contributed by atoms with van der Waals surface area (Å²) >= 11 is 1.41.